The Morgan fingerprint density at radius 2 is 2.03 bits per heavy atom. The van der Waals surface area contributed by atoms with Crippen molar-refractivity contribution in [3.63, 3.8) is 0 Å². The minimum Gasteiger partial charge on any atom is -0.468 e. The number of aromatic amines is 1. The van der Waals surface area contributed by atoms with Crippen LogP contribution < -0.4 is 4.72 Å². The molecule has 9 nitrogen and oxygen atoms in total. The van der Waals surface area contributed by atoms with Crippen molar-refractivity contribution in [3.05, 3.63) is 69.4 Å². The number of halogens is 1. The Bertz CT molecular complexity index is 1190. The minimum absolute atomic E-state index is 0.0194. The van der Waals surface area contributed by atoms with E-state index < -0.39 is 32.6 Å². The SMILES string of the molecule is COC(=O)[C@H](Cc1c[nH]c2ccccc12)NS(=O)(=O)c1ccc(Cl)c([N+](=O)[O-])c1. The zero-order valence-electron chi connectivity index (χ0n) is 15.1. The number of hydrogen-bond donors (Lipinski definition) is 2. The zero-order valence-corrected chi connectivity index (χ0v) is 16.7. The fourth-order valence-electron chi connectivity index (χ4n) is 2.89. The predicted molar refractivity (Wildman–Crippen MR) is 106 cm³/mol. The summed E-state index contributed by atoms with van der Waals surface area (Å²) in [5, 5.41) is 11.7. The van der Waals surface area contributed by atoms with Gasteiger partial charge in [-0.2, -0.15) is 4.72 Å². The second-order valence-corrected chi connectivity index (χ2v) is 8.25. The third-order valence-electron chi connectivity index (χ3n) is 4.31. The molecule has 2 N–H and O–H groups in total. The molecule has 11 heteroatoms. The molecule has 0 saturated carbocycles. The van der Waals surface area contributed by atoms with Crippen LogP contribution in [0.4, 0.5) is 5.69 Å². The smallest absolute Gasteiger partial charge is 0.324 e. The third-order valence-corrected chi connectivity index (χ3v) is 6.10. The number of rotatable bonds is 7. The standard InChI is InChI=1S/C18H16ClN3O6S/c1-28-18(23)16(8-11-10-20-15-5-3-2-4-13(11)15)21-29(26,27)12-6-7-14(19)17(9-12)22(24)25/h2-7,9-10,16,20-21H,8H2,1H3/t16-/m0/s1. The fourth-order valence-corrected chi connectivity index (χ4v) is 4.28. The summed E-state index contributed by atoms with van der Waals surface area (Å²) in [6, 6.07) is 9.19. The highest BCUT2D eigenvalue weighted by atomic mass is 35.5. The van der Waals surface area contributed by atoms with Gasteiger partial charge in [-0.05, 0) is 23.8 Å². The number of sulfonamides is 1. The molecule has 1 aromatic heterocycles. The molecule has 3 aromatic rings. The van der Waals surface area contributed by atoms with Gasteiger partial charge in [0, 0.05) is 29.6 Å². The molecule has 0 unspecified atom stereocenters. The van der Waals surface area contributed by atoms with Crippen molar-refractivity contribution >= 4 is 44.2 Å². The minimum atomic E-state index is -4.27. The maximum atomic E-state index is 12.7. The highest BCUT2D eigenvalue weighted by Gasteiger charge is 2.29. The summed E-state index contributed by atoms with van der Waals surface area (Å²) in [5.74, 6) is -0.790. The molecule has 3 rings (SSSR count). The number of methoxy groups -OCH3 is 1. The molecular formula is C18H16ClN3O6S. The van der Waals surface area contributed by atoms with Crippen molar-refractivity contribution in [2.45, 2.75) is 17.4 Å². The van der Waals surface area contributed by atoms with E-state index in [1.807, 2.05) is 24.3 Å². The van der Waals surface area contributed by atoms with Crippen LogP contribution in [-0.4, -0.2) is 37.4 Å². The summed E-state index contributed by atoms with van der Waals surface area (Å²) >= 11 is 5.74. The Morgan fingerprint density at radius 1 is 1.31 bits per heavy atom. The Hall–Kier alpha value is -2.95. The van der Waals surface area contributed by atoms with E-state index in [2.05, 4.69) is 9.71 Å². The van der Waals surface area contributed by atoms with Crippen LogP contribution in [0.3, 0.4) is 0 Å². The van der Waals surface area contributed by atoms with Gasteiger partial charge < -0.3 is 9.72 Å². The number of benzene rings is 2. The molecule has 0 amide bonds. The lowest BCUT2D eigenvalue weighted by Gasteiger charge is -2.16. The molecule has 1 atom stereocenters. The largest absolute Gasteiger partial charge is 0.468 e. The second-order valence-electron chi connectivity index (χ2n) is 6.13. The van der Waals surface area contributed by atoms with E-state index in [9.17, 15) is 23.3 Å². The summed E-state index contributed by atoms with van der Waals surface area (Å²) in [4.78, 5) is 25.1. The normalized spacial score (nSPS) is 12.6. The van der Waals surface area contributed by atoms with Crippen LogP contribution in [0.25, 0.3) is 10.9 Å². The number of esters is 1. The number of carbonyl (C=O) groups is 1. The van der Waals surface area contributed by atoms with Gasteiger partial charge in [0.2, 0.25) is 10.0 Å². The molecule has 0 saturated heterocycles. The summed E-state index contributed by atoms with van der Waals surface area (Å²) in [6.07, 6.45) is 1.70. The lowest BCUT2D eigenvalue weighted by Crippen LogP contribution is -2.42. The van der Waals surface area contributed by atoms with Crippen LogP contribution in [0.1, 0.15) is 5.56 Å². The Kier molecular flexibility index (Phi) is 5.87. The number of carbonyl (C=O) groups excluding carboxylic acids is 1. The van der Waals surface area contributed by atoms with E-state index in [1.54, 1.807) is 6.20 Å². The summed E-state index contributed by atoms with van der Waals surface area (Å²) in [6.45, 7) is 0. The van der Waals surface area contributed by atoms with Gasteiger partial charge in [0.05, 0.1) is 16.9 Å². The van der Waals surface area contributed by atoms with E-state index in [-0.39, 0.29) is 16.3 Å². The van der Waals surface area contributed by atoms with Crippen molar-refractivity contribution in [2.24, 2.45) is 0 Å². The molecule has 29 heavy (non-hydrogen) atoms. The molecule has 0 fully saturated rings. The number of nitrogens with one attached hydrogen (secondary N) is 2. The number of fused-ring (bicyclic) bond motifs is 1. The molecule has 0 bridgehead atoms. The molecule has 0 aliphatic carbocycles. The van der Waals surface area contributed by atoms with Crippen molar-refractivity contribution in [2.75, 3.05) is 7.11 Å². The van der Waals surface area contributed by atoms with Crippen molar-refractivity contribution < 1.29 is 22.9 Å². The molecule has 0 radical (unpaired) electrons. The first-order chi connectivity index (χ1) is 13.7. The van der Waals surface area contributed by atoms with E-state index >= 15 is 0 Å². The lowest BCUT2D eigenvalue weighted by molar-refractivity contribution is -0.384. The molecule has 0 aliphatic heterocycles. The maximum Gasteiger partial charge on any atom is 0.324 e. The van der Waals surface area contributed by atoms with Gasteiger partial charge in [-0.25, -0.2) is 8.42 Å². The number of hydrogen-bond acceptors (Lipinski definition) is 6. The first kappa shape index (κ1) is 20.8. The van der Waals surface area contributed by atoms with Crippen molar-refractivity contribution in [1.29, 1.82) is 0 Å². The molecule has 152 valence electrons. The number of para-hydroxylation sites is 1. The summed E-state index contributed by atoms with van der Waals surface area (Å²) in [7, 11) is -3.12. The number of aromatic nitrogens is 1. The number of ether oxygens (including phenoxy) is 1. The Balaban J connectivity index is 1.93. The van der Waals surface area contributed by atoms with E-state index in [4.69, 9.17) is 16.3 Å². The molecule has 2 aromatic carbocycles. The maximum absolute atomic E-state index is 12.7. The number of nitrogens with zero attached hydrogens (tertiary/aromatic N) is 1. The Labute approximate surface area is 170 Å². The Morgan fingerprint density at radius 3 is 2.72 bits per heavy atom. The molecular weight excluding hydrogens is 422 g/mol. The van der Waals surface area contributed by atoms with E-state index in [0.717, 1.165) is 36.2 Å². The van der Waals surface area contributed by atoms with Gasteiger partial charge >= 0.3 is 5.97 Å². The van der Waals surface area contributed by atoms with Crippen LogP contribution in [0.2, 0.25) is 5.02 Å². The summed E-state index contributed by atoms with van der Waals surface area (Å²) in [5.41, 5.74) is 0.990. The second kappa shape index (κ2) is 8.19. The number of nitro benzene ring substituents is 1. The van der Waals surface area contributed by atoms with Gasteiger partial charge in [-0.3, -0.25) is 14.9 Å². The van der Waals surface area contributed by atoms with E-state index in [1.165, 1.54) is 0 Å². The third kappa shape index (κ3) is 4.39. The summed E-state index contributed by atoms with van der Waals surface area (Å²) < 4.78 is 32.5. The molecule has 0 spiro atoms. The molecule has 0 aliphatic rings. The van der Waals surface area contributed by atoms with E-state index in [0.29, 0.717) is 5.56 Å². The highest BCUT2D eigenvalue weighted by Crippen LogP contribution is 2.27. The predicted octanol–water partition coefficient (Wildman–Crippen LogP) is 2.79. The quantitative estimate of drug-likeness (QED) is 0.332. The van der Waals surface area contributed by atoms with Crippen molar-refractivity contribution in [3.8, 4) is 0 Å². The van der Waals surface area contributed by atoms with Gasteiger partial charge in [-0.15, -0.1) is 0 Å². The van der Waals surface area contributed by atoms with Crippen LogP contribution in [0, 0.1) is 10.1 Å². The number of H-pyrrole nitrogens is 1. The van der Waals surface area contributed by atoms with Gasteiger partial charge in [-0.1, -0.05) is 29.8 Å². The first-order valence-corrected chi connectivity index (χ1v) is 10.2. The average molecular weight is 438 g/mol. The fraction of sp³-hybridized carbons (Fsp3) is 0.167. The van der Waals surface area contributed by atoms with Gasteiger partial charge in [0.1, 0.15) is 11.1 Å². The van der Waals surface area contributed by atoms with Crippen LogP contribution in [0.15, 0.2) is 53.6 Å². The lowest BCUT2D eigenvalue weighted by atomic mass is 10.1. The first-order valence-electron chi connectivity index (χ1n) is 8.32. The topological polar surface area (TPSA) is 131 Å². The monoisotopic (exact) mass is 437 g/mol. The van der Waals surface area contributed by atoms with Gasteiger partial charge in [0.15, 0.2) is 0 Å². The number of nitro groups is 1. The van der Waals surface area contributed by atoms with Crippen LogP contribution in [-0.2, 0) is 26.0 Å². The molecule has 1 heterocycles. The average Bonchev–Trinajstić information content (AvgIpc) is 3.09. The van der Waals surface area contributed by atoms with Gasteiger partial charge in [0.25, 0.3) is 5.69 Å². The van der Waals surface area contributed by atoms with Crippen molar-refractivity contribution in [1.82, 2.24) is 9.71 Å². The van der Waals surface area contributed by atoms with Crippen LogP contribution >= 0.6 is 11.6 Å². The zero-order chi connectivity index (χ0) is 21.2. The highest BCUT2D eigenvalue weighted by molar-refractivity contribution is 7.89. The van der Waals surface area contributed by atoms with Crippen LogP contribution in [0.5, 0.6) is 0 Å².